The Morgan fingerprint density at radius 2 is 1.33 bits per heavy atom. The average Bonchev–Trinajstić information content (AvgIpc) is 2.94. The molecule has 0 aliphatic heterocycles. The second-order valence-corrected chi connectivity index (χ2v) is 2.21. The Balaban J connectivity index is 0. The number of carbonyl (C=O) groups is 1. The van der Waals surface area contributed by atoms with Crippen molar-refractivity contribution in [2.45, 2.75) is 0 Å². The molecular weight excluding hydrogens is 232 g/mol. The van der Waals surface area contributed by atoms with Gasteiger partial charge in [-0.15, -0.1) is 0 Å². The zero-order valence-electron chi connectivity index (χ0n) is 8.19. The number of rotatable bonds is 1. The van der Waals surface area contributed by atoms with Crippen LogP contribution >= 0.6 is 0 Å². The molecule has 3 nitrogen and oxygen atoms in total. The molecule has 2 rings (SSSR count). The van der Waals surface area contributed by atoms with Crippen LogP contribution in [0, 0.1) is 0 Å². The molecule has 0 aromatic heterocycles. The second kappa shape index (κ2) is 15.1. The number of nitrogens with two attached hydrogens (primary N) is 1. The Morgan fingerprint density at radius 1 is 1.00 bits per heavy atom. The van der Waals surface area contributed by atoms with Crippen LogP contribution in [-0.2, 0) is 21.9 Å². The second-order valence-electron chi connectivity index (χ2n) is 2.21. The largest absolute Gasteiger partial charge is 0.748 e. The van der Waals surface area contributed by atoms with Crippen LogP contribution in [0.15, 0.2) is 60.7 Å². The summed E-state index contributed by atoms with van der Waals surface area (Å²) in [4.78, 5) is 8.94. The first-order valence-electron chi connectivity index (χ1n) is 4.15. The third-order valence-corrected chi connectivity index (χ3v) is 1.18. The summed E-state index contributed by atoms with van der Waals surface area (Å²) in [6.45, 7) is 0. The molecule has 0 heterocycles. The summed E-state index contributed by atoms with van der Waals surface area (Å²) in [7, 11) is 0. The molecule has 0 spiro atoms. The van der Waals surface area contributed by atoms with Crippen molar-refractivity contribution >= 4 is 6.41 Å². The van der Waals surface area contributed by atoms with Crippen molar-refractivity contribution in [3.63, 3.8) is 0 Å². The topological polar surface area (TPSA) is 55.1 Å². The number of hydrogen-bond acceptors (Lipinski definition) is 2. The van der Waals surface area contributed by atoms with Gasteiger partial charge in [0.25, 0.3) is 0 Å². The van der Waals surface area contributed by atoms with E-state index in [2.05, 4.69) is 5.84 Å². The fourth-order valence-corrected chi connectivity index (χ4v) is 0.642. The molecule has 0 fully saturated rings. The molecule has 1 amide bonds. The number of nitrogens with one attached hydrogen (secondary N) is 1. The fraction of sp³-hybridized carbons (Fsp3) is 0. The van der Waals surface area contributed by atoms with E-state index in [4.69, 9.17) is 4.79 Å². The monoisotopic (exact) mass is 246 g/mol. The minimum Gasteiger partial charge on any atom is -0.748 e. The molecule has 3 N–H and O–H groups in total. The predicted octanol–water partition coefficient (Wildman–Crippen LogP) is 1.41. The molecule has 0 atom stereocenters. The van der Waals surface area contributed by atoms with E-state index in [0.29, 0.717) is 6.41 Å². The van der Waals surface area contributed by atoms with E-state index in [0.717, 1.165) is 0 Å². The van der Waals surface area contributed by atoms with Gasteiger partial charge >= 0.3 is 0 Å². The summed E-state index contributed by atoms with van der Waals surface area (Å²) in [6, 6.07) is 20.0. The average molecular weight is 246 g/mol. The Hall–Kier alpha value is -1.35. The molecule has 4 heteroatoms. The van der Waals surface area contributed by atoms with Crippen molar-refractivity contribution in [3.05, 3.63) is 60.7 Å². The standard InChI is InChI=1S/2C5H5.CH4N2O.Fe/c2*1-2-4-5-3-1;2-3-1-4;/h2*1-5H;1H,2H2,(H,3,4);/q-5;-1;;. The van der Waals surface area contributed by atoms with Crippen LogP contribution in [0.5, 0.6) is 0 Å². The quantitative estimate of drug-likeness (QED) is 0.200. The van der Waals surface area contributed by atoms with Gasteiger partial charge in [-0.2, -0.15) is 18.2 Å². The van der Waals surface area contributed by atoms with Gasteiger partial charge in [0, 0.05) is 17.1 Å². The zero-order chi connectivity index (χ0) is 10.5. The van der Waals surface area contributed by atoms with Crippen molar-refractivity contribution < 1.29 is 21.9 Å². The van der Waals surface area contributed by atoms with Crippen LogP contribution < -0.4 is 11.3 Å². The van der Waals surface area contributed by atoms with Crippen LogP contribution in [0.1, 0.15) is 0 Å². The molecule has 2 aromatic carbocycles. The van der Waals surface area contributed by atoms with Gasteiger partial charge in [0.1, 0.15) is 0 Å². The van der Waals surface area contributed by atoms with Gasteiger partial charge in [0.15, 0.2) is 0 Å². The van der Waals surface area contributed by atoms with Gasteiger partial charge in [-0.3, -0.25) is 10.2 Å². The Bertz CT molecular complexity index is 206. The third-order valence-electron chi connectivity index (χ3n) is 1.18. The predicted molar refractivity (Wildman–Crippen MR) is 57.5 cm³/mol. The van der Waals surface area contributed by atoms with Crippen molar-refractivity contribution in [3.8, 4) is 0 Å². The molecule has 0 aliphatic carbocycles. The summed E-state index contributed by atoms with van der Waals surface area (Å²) >= 11 is 0. The SMILES string of the molecule is NNC=O.[Fe].[cH-]1[cH-][cH-][cH-][cH-]1.c1cc[cH-]c1. The van der Waals surface area contributed by atoms with Crippen LogP contribution in [0.3, 0.4) is 0 Å². The maximum Gasteiger partial charge on any atom is 0.221 e. The van der Waals surface area contributed by atoms with Gasteiger partial charge in [0.2, 0.25) is 6.41 Å². The van der Waals surface area contributed by atoms with Gasteiger partial charge < -0.3 is 30.3 Å². The molecule has 0 radical (unpaired) electrons. The molecule has 88 valence electrons. The maximum absolute atomic E-state index is 8.94. The Labute approximate surface area is 100 Å². The van der Waals surface area contributed by atoms with Crippen LogP contribution in [-0.4, -0.2) is 6.41 Å². The van der Waals surface area contributed by atoms with Gasteiger partial charge in [0.05, 0.1) is 0 Å². The maximum atomic E-state index is 8.94. The molecule has 0 saturated heterocycles. The van der Waals surface area contributed by atoms with Gasteiger partial charge in [-0.25, -0.2) is 18.0 Å². The smallest absolute Gasteiger partial charge is 0.221 e. The first-order chi connectivity index (χ1) is 6.91. The minimum atomic E-state index is 0. The van der Waals surface area contributed by atoms with Crippen LogP contribution in [0.2, 0.25) is 0 Å². The first kappa shape index (κ1) is 16.1. The van der Waals surface area contributed by atoms with E-state index in [-0.39, 0.29) is 17.1 Å². The molecule has 0 saturated carbocycles. The van der Waals surface area contributed by atoms with Gasteiger partial charge in [-0.1, -0.05) is 0 Å². The normalized spacial score (nSPS) is 6.73. The third kappa shape index (κ3) is 15.4. The number of hydrogen-bond donors (Lipinski definition) is 2. The molecular formula is C11H14FeN2O-6. The molecule has 15 heavy (non-hydrogen) atoms. The van der Waals surface area contributed by atoms with Crippen molar-refractivity contribution in [1.29, 1.82) is 0 Å². The molecule has 0 aliphatic rings. The number of hydrazine groups is 1. The summed E-state index contributed by atoms with van der Waals surface area (Å²) < 4.78 is 0. The molecule has 2 aromatic rings. The van der Waals surface area contributed by atoms with Crippen LogP contribution in [0.4, 0.5) is 0 Å². The Morgan fingerprint density at radius 3 is 1.47 bits per heavy atom. The summed E-state index contributed by atoms with van der Waals surface area (Å²) in [5.41, 5.74) is 1.75. The minimum absolute atomic E-state index is 0. The van der Waals surface area contributed by atoms with Gasteiger partial charge in [-0.05, 0) is 0 Å². The van der Waals surface area contributed by atoms with Crippen molar-refractivity contribution in [2.24, 2.45) is 5.84 Å². The first-order valence-corrected chi connectivity index (χ1v) is 4.15. The molecule has 0 bridgehead atoms. The van der Waals surface area contributed by atoms with Crippen molar-refractivity contribution in [2.75, 3.05) is 0 Å². The van der Waals surface area contributed by atoms with E-state index >= 15 is 0 Å². The van der Waals surface area contributed by atoms with E-state index in [1.54, 1.807) is 5.43 Å². The van der Waals surface area contributed by atoms with Crippen molar-refractivity contribution in [1.82, 2.24) is 5.43 Å². The van der Waals surface area contributed by atoms with E-state index < -0.39 is 0 Å². The summed E-state index contributed by atoms with van der Waals surface area (Å²) in [6.07, 6.45) is 0.403. The molecule has 0 unspecified atom stereocenters. The van der Waals surface area contributed by atoms with E-state index in [9.17, 15) is 0 Å². The Kier molecular flexibility index (Phi) is 16.2. The van der Waals surface area contributed by atoms with E-state index in [1.165, 1.54) is 0 Å². The van der Waals surface area contributed by atoms with Crippen LogP contribution in [0.25, 0.3) is 0 Å². The zero-order valence-corrected chi connectivity index (χ0v) is 9.29. The fourth-order valence-electron chi connectivity index (χ4n) is 0.642. The van der Waals surface area contributed by atoms with E-state index in [1.807, 2.05) is 60.7 Å². The number of carbonyl (C=O) groups excluding carboxylic acids is 1. The summed E-state index contributed by atoms with van der Waals surface area (Å²) in [5.74, 6) is 4.41. The number of amides is 1. The summed E-state index contributed by atoms with van der Waals surface area (Å²) in [5, 5.41) is 0.